The van der Waals surface area contributed by atoms with Gasteiger partial charge in [-0.1, -0.05) is 19.1 Å². The van der Waals surface area contributed by atoms with E-state index in [-0.39, 0.29) is 12.0 Å². The van der Waals surface area contributed by atoms with Crippen LogP contribution in [0.15, 0.2) is 41.8 Å². The summed E-state index contributed by atoms with van der Waals surface area (Å²) in [5.74, 6) is 0.915. The number of benzene rings is 1. The number of nitrogens with zero attached hydrogens (tertiary/aromatic N) is 1. The van der Waals surface area contributed by atoms with E-state index >= 15 is 0 Å². The summed E-state index contributed by atoms with van der Waals surface area (Å²) in [5.41, 5.74) is 0.865. The van der Waals surface area contributed by atoms with E-state index in [0.717, 1.165) is 30.8 Å². The van der Waals surface area contributed by atoms with Crippen molar-refractivity contribution in [2.45, 2.75) is 32.3 Å². The van der Waals surface area contributed by atoms with Crippen molar-refractivity contribution in [3.05, 3.63) is 46.7 Å². The second kappa shape index (κ2) is 9.45. The van der Waals surface area contributed by atoms with Crippen molar-refractivity contribution in [2.24, 2.45) is 0 Å². The smallest absolute Gasteiger partial charge is 0.226 e. The summed E-state index contributed by atoms with van der Waals surface area (Å²) in [5, 5.41) is 5.24. The summed E-state index contributed by atoms with van der Waals surface area (Å²) < 4.78 is 6.22. The first-order chi connectivity index (χ1) is 11.7. The lowest BCUT2D eigenvalue weighted by molar-refractivity contribution is -0.118. The number of carbonyl (C=O) groups is 1. The van der Waals surface area contributed by atoms with Gasteiger partial charge in [0.25, 0.3) is 0 Å². The van der Waals surface area contributed by atoms with Gasteiger partial charge in [0.05, 0.1) is 0 Å². The number of thiophene rings is 1. The van der Waals surface area contributed by atoms with E-state index in [9.17, 15) is 4.79 Å². The fourth-order valence-corrected chi connectivity index (χ4v) is 3.25. The lowest BCUT2D eigenvalue weighted by Gasteiger charge is -2.21. The predicted molar refractivity (Wildman–Crippen MR) is 101 cm³/mol. The van der Waals surface area contributed by atoms with Gasteiger partial charge >= 0.3 is 0 Å². The Labute approximate surface area is 148 Å². The number of rotatable bonds is 9. The number of hydrogen-bond acceptors (Lipinski definition) is 4. The van der Waals surface area contributed by atoms with Gasteiger partial charge in [0.15, 0.2) is 0 Å². The standard InChI is InChI=1S/C19H26N2O2S/c1-4-7-19(22)21(3)15-8-5-9-16(14-15)23-17(11-12-20-2)18-10-6-13-24-18/h5-6,8-10,13-14,17,20H,4,7,11-12H2,1-3H3. The van der Waals surface area contributed by atoms with E-state index in [1.807, 2.05) is 51.4 Å². The minimum Gasteiger partial charge on any atom is -0.485 e. The van der Waals surface area contributed by atoms with Crippen LogP contribution in [-0.4, -0.2) is 26.5 Å². The number of nitrogens with one attached hydrogen (secondary N) is 1. The SMILES string of the molecule is CCCC(=O)N(C)c1cccc(OC(CCNC)c2cccs2)c1. The average molecular weight is 346 g/mol. The molecule has 2 aromatic rings. The van der Waals surface area contributed by atoms with Crippen LogP contribution in [0.5, 0.6) is 5.75 Å². The van der Waals surface area contributed by atoms with Crippen LogP contribution >= 0.6 is 11.3 Å². The molecule has 0 fully saturated rings. The van der Waals surface area contributed by atoms with E-state index in [1.165, 1.54) is 4.88 Å². The summed E-state index contributed by atoms with van der Waals surface area (Å²) in [6.07, 6.45) is 2.32. The fourth-order valence-electron chi connectivity index (χ4n) is 2.46. The molecule has 1 aromatic heterocycles. The summed E-state index contributed by atoms with van der Waals surface area (Å²) in [6.45, 7) is 2.90. The molecule has 4 nitrogen and oxygen atoms in total. The number of anilines is 1. The van der Waals surface area contributed by atoms with Crippen LogP contribution in [-0.2, 0) is 4.79 Å². The van der Waals surface area contributed by atoms with E-state index in [2.05, 4.69) is 16.8 Å². The molecule has 0 aliphatic heterocycles. The first-order valence-electron chi connectivity index (χ1n) is 8.37. The minimum atomic E-state index is 0.0179. The molecule has 0 aliphatic rings. The molecule has 1 heterocycles. The van der Waals surface area contributed by atoms with Crippen molar-refractivity contribution in [1.82, 2.24) is 5.32 Å². The maximum absolute atomic E-state index is 12.1. The molecule has 0 spiro atoms. The first kappa shape index (κ1) is 18.5. The molecule has 5 heteroatoms. The monoisotopic (exact) mass is 346 g/mol. The molecular weight excluding hydrogens is 320 g/mol. The molecule has 0 saturated carbocycles. The van der Waals surface area contributed by atoms with Gasteiger partial charge in [-0.25, -0.2) is 0 Å². The second-order valence-corrected chi connectivity index (χ2v) is 6.69. The normalized spacial score (nSPS) is 12.0. The molecule has 1 unspecified atom stereocenters. The Bertz CT molecular complexity index is 628. The molecule has 0 saturated heterocycles. The van der Waals surface area contributed by atoms with Gasteiger partial charge in [-0.3, -0.25) is 4.79 Å². The predicted octanol–water partition coefficient (Wildman–Crippen LogP) is 4.24. The molecule has 1 amide bonds. The number of hydrogen-bond donors (Lipinski definition) is 1. The lowest BCUT2D eigenvalue weighted by Crippen LogP contribution is -2.25. The van der Waals surface area contributed by atoms with Gasteiger partial charge in [0, 0.05) is 36.5 Å². The van der Waals surface area contributed by atoms with Gasteiger partial charge in [0.1, 0.15) is 11.9 Å². The van der Waals surface area contributed by atoms with Crippen LogP contribution in [0.3, 0.4) is 0 Å². The summed E-state index contributed by atoms with van der Waals surface area (Å²) in [7, 11) is 3.76. The van der Waals surface area contributed by atoms with Crippen LogP contribution in [0.2, 0.25) is 0 Å². The first-order valence-corrected chi connectivity index (χ1v) is 9.25. The van der Waals surface area contributed by atoms with Crippen molar-refractivity contribution in [3.8, 4) is 5.75 Å². The van der Waals surface area contributed by atoms with Gasteiger partial charge in [-0.2, -0.15) is 0 Å². The topological polar surface area (TPSA) is 41.6 Å². The molecular formula is C19H26N2O2S. The Morgan fingerprint density at radius 2 is 2.17 bits per heavy atom. The van der Waals surface area contributed by atoms with Crippen LogP contribution < -0.4 is 15.0 Å². The highest BCUT2D eigenvalue weighted by Gasteiger charge is 2.16. The third kappa shape index (κ3) is 5.08. The molecule has 1 aromatic carbocycles. The maximum atomic E-state index is 12.1. The van der Waals surface area contributed by atoms with Crippen molar-refractivity contribution in [1.29, 1.82) is 0 Å². The third-order valence-corrected chi connectivity index (χ3v) is 4.80. The molecule has 0 radical (unpaired) electrons. The molecule has 0 aliphatic carbocycles. The van der Waals surface area contributed by atoms with Crippen molar-refractivity contribution < 1.29 is 9.53 Å². The molecule has 2 rings (SSSR count). The highest BCUT2D eigenvalue weighted by molar-refractivity contribution is 7.10. The fraction of sp³-hybridized carbons (Fsp3) is 0.421. The van der Waals surface area contributed by atoms with E-state index in [4.69, 9.17) is 4.74 Å². The zero-order chi connectivity index (χ0) is 17.4. The largest absolute Gasteiger partial charge is 0.485 e. The highest BCUT2D eigenvalue weighted by atomic mass is 32.1. The number of amides is 1. The van der Waals surface area contributed by atoms with Gasteiger partial charge < -0.3 is 15.0 Å². The van der Waals surface area contributed by atoms with Crippen LogP contribution in [0.1, 0.15) is 37.2 Å². The summed E-state index contributed by atoms with van der Waals surface area (Å²) in [6, 6.07) is 11.9. The zero-order valence-corrected chi connectivity index (χ0v) is 15.4. The van der Waals surface area contributed by atoms with E-state index in [1.54, 1.807) is 16.2 Å². The molecule has 24 heavy (non-hydrogen) atoms. The average Bonchev–Trinajstić information content (AvgIpc) is 3.13. The van der Waals surface area contributed by atoms with E-state index in [0.29, 0.717) is 6.42 Å². The molecule has 130 valence electrons. The Hall–Kier alpha value is -1.85. The van der Waals surface area contributed by atoms with Gasteiger partial charge in [-0.15, -0.1) is 11.3 Å². The van der Waals surface area contributed by atoms with Crippen LogP contribution in [0, 0.1) is 0 Å². The number of ether oxygens (including phenoxy) is 1. The van der Waals surface area contributed by atoms with Gasteiger partial charge in [0.2, 0.25) is 5.91 Å². The Kier molecular flexibility index (Phi) is 7.28. The van der Waals surface area contributed by atoms with Gasteiger partial charge in [-0.05, 0) is 43.6 Å². The molecule has 1 N–H and O–H groups in total. The highest BCUT2D eigenvalue weighted by Crippen LogP contribution is 2.30. The Morgan fingerprint density at radius 1 is 1.33 bits per heavy atom. The third-order valence-electron chi connectivity index (χ3n) is 3.84. The van der Waals surface area contributed by atoms with E-state index < -0.39 is 0 Å². The Morgan fingerprint density at radius 3 is 2.83 bits per heavy atom. The molecule has 0 bridgehead atoms. The zero-order valence-electron chi connectivity index (χ0n) is 14.6. The maximum Gasteiger partial charge on any atom is 0.226 e. The minimum absolute atomic E-state index is 0.0179. The van der Waals surface area contributed by atoms with Crippen molar-refractivity contribution >= 4 is 22.9 Å². The van der Waals surface area contributed by atoms with Crippen LogP contribution in [0.4, 0.5) is 5.69 Å². The quantitative estimate of drug-likeness (QED) is 0.738. The van der Waals surface area contributed by atoms with Crippen LogP contribution in [0.25, 0.3) is 0 Å². The van der Waals surface area contributed by atoms with Crippen molar-refractivity contribution in [2.75, 3.05) is 25.5 Å². The molecule has 1 atom stereocenters. The second-order valence-electron chi connectivity index (χ2n) is 5.71. The summed E-state index contributed by atoms with van der Waals surface area (Å²) >= 11 is 1.71. The van der Waals surface area contributed by atoms with Crippen molar-refractivity contribution in [3.63, 3.8) is 0 Å². The number of carbonyl (C=O) groups excluding carboxylic acids is 1. The lowest BCUT2D eigenvalue weighted by atomic mass is 10.2. The summed E-state index contributed by atoms with van der Waals surface area (Å²) in [4.78, 5) is 15.0. The Balaban J connectivity index is 2.13.